The first-order valence-electron chi connectivity index (χ1n) is 7.12. The lowest BCUT2D eigenvalue weighted by atomic mass is 10.2. The van der Waals surface area contributed by atoms with Gasteiger partial charge in [-0.3, -0.25) is 0 Å². The minimum absolute atomic E-state index is 0.0451. The molecule has 0 bridgehead atoms. The summed E-state index contributed by atoms with van der Waals surface area (Å²) in [5, 5.41) is 22.5. The molecule has 2 aromatic heterocycles. The highest BCUT2D eigenvalue weighted by atomic mass is 32.1. The van der Waals surface area contributed by atoms with Gasteiger partial charge in [-0.15, -0.1) is 10.2 Å². The molecule has 0 saturated carbocycles. The van der Waals surface area contributed by atoms with Crippen LogP contribution in [0.4, 0.5) is 10.8 Å². The standard InChI is InChI=1S/C17H11N3O3S/c21-12-7-6-10-8-13(16(22)23-14(10)9-12)15-19-20-17(24-15)18-11-4-2-1-3-5-11/h1-9,21H,(H,18,20). The summed E-state index contributed by atoms with van der Waals surface area (Å²) in [6, 6.07) is 15.9. The van der Waals surface area contributed by atoms with Crippen LogP contribution in [0.5, 0.6) is 5.75 Å². The van der Waals surface area contributed by atoms with E-state index in [1.165, 1.54) is 23.5 Å². The van der Waals surface area contributed by atoms with E-state index in [1.807, 2.05) is 30.3 Å². The van der Waals surface area contributed by atoms with Crippen LogP contribution in [0.1, 0.15) is 0 Å². The van der Waals surface area contributed by atoms with E-state index in [0.29, 0.717) is 26.7 Å². The van der Waals surface area contributed by atoms with Gasteiger partial charge < -0.3 is 14.8 Å². The van der Waals surface area contributed by atoms with E-state index in [0.717, 1.165) is 5.69 Å². The molecule has 0 spiro atoms. The van der Waals surface area contributed by atoms with Gasteiger partial charge >= 0.3 is 5.63 Å². The zero-order chi connectivity index (χ0) is 16.5. The smallest absolute Gasteiger partial charge is 0.346 e. The van der Waals surface area contributed by atoms with Crippen LogP contribution in [-0.4, -0.2) is 15.3 Å². The predicted octanol–water partition coefficient (Wildman–Crippen LogP) is 3.76. The van der Waals surface area contributed by atoms with Crippen molar-refractivity contribution in [1.29, 1.82) is 0 Å². The van der Waals surface area contributed by atoms with E-state index < -0.39 is 5.63 Å². The quantitative estimate of drug-likeness (QED) is 0.553. The summed E-state index contributed by atoms with van der Waals surface area (Å²) in [6.45, 7) is 0. The molecule has 0 radical (unpaired) electrons. The molecule has 2 heterocycles. The number of nitrogens with zero attached hydrogens (tertiary/aromatic N) is 2. The summed E-state index contributed by atoms with van der Waals surface area (Å²) in [5.74, 6) is 0.0451. The largest absolute Gasteiger partial charge is 0.508 e. The highest BCUT2D eigenvalue weighted by Crippen LogP contribution is 2.29. The molecule has 0 amide bonds. The van der Waals surface area contributed by atoms with Crippen molar-refractivity contribution in [3.8, 4) is 16.3 Å². The molecule has 0 aliphatic rings. The van der Waals surface area contributed by atoms with Crippen LogP contribution in [0, 0.1) is 0 Å². The number of para-hydroxylation sites is 1. The average molecular weight is 337 g/mol. The number of aromatic hydroxyl groups is 1. The normalized spacial score (nSPS) is 10.8. The van der Waals surface area contributed by atoms with Crippen molar-refractivity contribution >= 4 is 33.1 Å². The molecule has 0 saturated heterocycles. The number of aromatic nitrogens is 2. The van der Waals surface area contributed by atoms with Gasteiger partial charge in [0.05, 0.1) is 5.56 Å². The molecule has 0 atom stereocenters. The fraction of sp³-hybridized carbons (Fsp3) is 0. The van der Waals surface area contributed by atoms with Gasteiger partial charge in [0.15, 0.2) is 5.01 Å². The fourth-order valence-corrected chi connectivity index (χ4v) is 3.04. The second-order valence-corrected chi connectivity index (χ2v) is 6.05. The number of hydrogen-bond acceptors (Lipinski definition) is 7. The summed E-state index contributed by atoms with van der Waals surface area (Å²) >= 11 is 1.26. The van der Waals surface area contributed by atoms with Gasteiger partial charge in [-0.2, -0.15) is 0 Å². The van der Waals surface area contributed by atoms with Gasteiger partial charge in [-0.05, 0) is 30.3 Å². The highest BCUT2D eigenvalue weighted by Gasteiger charge is 2.13. The van der Waals surface area contributed by atoms with Crippen LogP contribution in [0.15, 0.2) is 63.8 Å². The molecule has 24 heavy (non-hydrogen) atoms. The van der Waals surface area contributed by atoms with Crippen molar-refractivity contribution in [2.75, 3.05) is 5.32 Å². The van der Waals surface area contributed by atoms with Crippen LogP contribution >= 0.6 is 11.3 Å². The first-order valence-corrected chi connectivity index (χ1v) is 7.93. The van der Waals surface area contributed by atoms with Crippen molar-refractivity contribution in [3.05, 3.63) is 65.0 Å². The Kier molecular flexibility index (Phi) is 3.47. The maximum Gasteiger partial charge on any atom is 0.346 e. The first kappa shape index (κ1) is 14.4. The van der Waals surface area contributed by atoms with Gasteiger partial charge in [0.2, 0.25) is 5.13 Å². The summed E-state index contributed by atoms with van der Waals surface area (Å²) in [7, 11) is 0. The number of hydrogen-bond donors (Lipinski definition) is 2. The lowest BCUT2D eigenvalue weighted by Crippen LogP contribution is -2.02. The zero-order valence-corrected chi connectivity index (χ0v) is 13.1. The second kappa shape index (κ2) is 5.78. The van der Waals surface area contributed by atoms with Gasteiger partial charge in [0, 0.05) is 17.1 Å². The molecule has 4 aromatic rings. The Morgan fingerprint density at radius 1 is 1.04 bits per heavy atom. The number of anilines is 2. The zero-order valence-electron chi connectivity index (χ0n) is 12.3. The van der Waals surface area contributed by atoms with E-state index in [1.54, 1.807) is 12.1 Å². The fourth-order valence-electron chi connectivity index (χ4n) is 2.28. The van der Waals surface area contributed by atoms with Crippen LogP contribution in [0.2, 0.25) is 0 Å². The molecular formula is C17H11N3O3S. The summed E-state index contributed by atoms with van der Waals surface area (Å²) in [5.41, 5.74) is 1.04. The SMILES string of the molecule is O=c1oc2cc(O)ccc2cc1-c1nnc(Nc2ccccc2)s1. The molecule has 4 rings (SSSR count). The van der Waals surface area contributed by atoms with Gasteiger partial charge in [0.25, 0.3) is 0 Å². The number of phenols is 1. The maximum absolute atomic E-state index is 12.2. The van der Waals surface area contributed by atoms with E-state index in [-0.39, 0.29) is 5.75 Å². The molecule has 0 aliphatic carbocycles. The number of benzene rings is 2. The molecule has 118 valence electrons. The first-order chi connectivity index (χ1) is 11.7. The molecular weight excluding hydrogens is 326 g/mol. The minimum Gasteiger partial charge on any atom is -0.508 e. The summed E-state index contributed by atoms with van der Waals surface area (Å²) < 4.78 is 5.26. The van der Waals surface area contributed by atoms with Crippen molar-refractivity contribution in [1.82, 2.24) is 10.2 Å². The average Bonchev–Trinajstić information content (AvgIpc) is 3.03. The Morgan fingerprint density at radius 3 is 2.71 bits per heavy atom. The van der Waals surface area contributed by atoms with Crippen LogP contribution in [0.25, 0.3) is 21.5 Å². The van der Waals surface area contributed by atoms with E-state index in [2.05, 4.69) is 15.5 Å². The Balaban J connectivity index is 1.71. The third-order valence-corrected chi connectivity index (χ3v) is 4.27. The monoisotopic (exact) mass is 337 g/mol. The highest BCUT2D eigenvalue weighted by molar-refractivity contribution is 7.18. The van der Waals surface area contributed by atoms with E-state index in [4.69, 9.17) is 4.42 Å². The van der Waals surface area contributed by atoms with Crippen molar-refractivity contribution in [3.63, 3.8) is 0 Å². The third kappa shape index (κ3) is 2.72. The molecule has 2 aromatic carbocycles. The van der Waals surface area contributed by atoms with E-state index in [9.17, 15) is 9.90 Å². The van der Waals surface area contributed by atoms with Gasteiger partial charge in [0.1, 0.15) is 11.3 Å². The summed E-state index contributed by atoms with van der Waals surface area (Å²) in [6.07, 6.45) is 0. The molecule has 0 fully saturated rings. The van der Waals surface area contributed by atoms with Crippen LogP contribution in [-0.2, 0) is 0 Å². The van der Waals surface area contributed by atoms with Crippen molar-refractivity contribution < 1.29 is 9.52 Å². The second-order valence-electron chi connectivity index (χ2n) is 5.07. The lowest BCUT2D eigenvalue weighted by molar-refractivity contribution is 0.473. The number of nitrogens with one attached hydrogen (secondary N) is 1. The Morgan fingerprint density at radius 2 is 1.88 bits per heavy atom. The Bertz CT molecular complexity index is 1070. The minimum atomic E-state index is -0.518. The van der Waals surface area contributed by atoms with E-state index >= 15 is 0 Å². The van der Waals surface area contributed by atoms with Crippen molar-refractivity contribution in [2.45, 2.75) is 0 Å². The van der Waals surface area contributed by atoms with Gasteiger partial charge in [-0.1, -0.05) is 29.5 Å². The molecule has 0 aliphatic heterocycles. The topological polar surface area (TPSA) is 88.2 Å². The number of fused-ring (bicyclic) bond motifs is 1. The van der Waals surface area contributed by atoms with Gasteiger partial charge in [-0.25, -0.2) is 4.79 Å². The third-order valence-electron chi connectivity index (χ3n) is 3.40. The number of phenolic OH excluding ortho intramolecular Hbond substituents is 1. The van der Waals surface area contributed by atoms with Crippen LogP contribution < -0.4 is 10.9 Å². The molecule has 6 nitrogen and oxygen atoms in total. The van der Waals surface area contributed by atoms with Crippen molar-refractivity contribution in [2.24, 2.45) is 0 Å². The number of rotatable bonds is 3. The maximum atomic E-state index is 12.2. The molecule has 7 heteroatoms. The molecule has 0 unspecified atom stereocenters. The predicted molar refractivity (Wildman–Crippen MR) is 92.8 cm³/mol. The summed E-state index contributed by atoms with van der Waals surface area (Å²) in [4.78, 5) is 12.2. The molecule has 2 N–H and O–H groups in total. The van der Waals surface area contributed by atoms with Crippen LogP contribution in [0.3, 0.4) is 0 Å². The Labute approximate surface area is 140 Å². The Hall–Kier alpha value is -3.19. The lowest BCUT2D eigenvalue weighted by Gasteiger charge is -2.00.